The van der Waals surface area contributed by atoms with Gasteiger partial charge in [0, 0.05) is 23.1 Å². The fourth-order valence-corrected chi connectivity index (χ4v) is 1.07. The first-order valence-electron chi connectivity index (χ1n) is 4.19. The maximum atomic E-state index is 10.7. The molecule has 0 aliphatic carbocycles. The van der Waals surface area contributed by atoms with Crippen LogP contribution in [0, 0.1) is 11.8 Å². The number of hydrogen-bond acceptors (Lipinski definition) is 4. The molecule has 0 saturated heterocycles. The van der Waals surface area contributed by atoms with E-state index in [2.05, 4.69) is 5.92 Å². The number of hydrogen-bond donors (Lipinski definition) is 2. The molecule has 0 atom stereocenters. The van der Waals surface area contributed by atoms with Gasteiger partial charge in [-0.15, -0.1) is 0 Å². The van der Waals surface area contributed by atoms with Crippen molar-refractivity contribution in [1.82, 2.24) is 0 Å². The van der Waals surface area contributed by atoms with Crippen LogP contribution >= 0.6 is 0 Å². The Kier molecular flexibility index (Phi) is 3.51. The van der Waals surface area contributed by atoms with Crippen LogP contribution in [-0.2, 0) is 4.79 Å². The second-order valence-electron chi connectivity index (χ2n) is 2.78. The van der Waals surface area contributed by atoms with Gasteiger partial charge >= 0.3 is 5.97 Å². The van der Waals surface area contributed by atoms with Gasteiger partial charge in [0.1, 0.15) is 0 Å². The predicted molar refractivity (Wildman–Crippen MR) is 54.6 cm³/mol. The maximum Gasteiger partial charge on any atom is 0.382 e. The first-order chi connectivity index (χ1) is 7.58. The van der Waals surface area contributed by atoms with Crippen molar-refractivity contribution < 1.29 is 24.5 Å². The van der Waals surface area contributed by atoms with Crippen molar-refractivity contribution in [3.8, 4) is 23.3 Å². The van der Waals surface area contributed by atoms with E-state index in [1.165, 1.54) is 13.2 Å². The zero-order valence-electron chi connectivity index (χ0n) is 8.35. The molecule has 1 aromatic rings. The molecule has 82 valence electrons. The quantitative estimate of drug-likeness (QED) is 0.564. The molecular weight excluding hydrogens is 212 g/mol. The number of rotatable bonds is 2. The molecule has 0 amide bonds. The zero-order chi connectivity index (χ0) is 12.1. The summed E-state index contributed by atoms with van der Waals surface area (Å²) in [6, 6.07) is 2.46. The van der Waals surface area contributed by atoms with Crippen LogP contribution in [-0.4, -0.2) is 29.6 Å². The highest BCUT2D eigenvalue weighted by Crippen LogP contribution is 2.28. The van der Waals surface area contributed by atoms with Crippen molar-refractivity contribution in [3.05, 3.63) is 23.3 Å². The third-order valence-corrected chi connectivity index (χ3v) is 1.78. The Hall–Kier alpha value is -2.48. The number of phenols is 1. The summed E-state index contributed by atoms with van der Waals surface area (Å²) in [5, 5.41) is 17.8. The molecule has 5 nitrogen and oxygen atoms in total. The smallest absolute Gasteiger partial charge is 0.382 e. The summed E-state index contributed by atoms with van der Waals surface area (Å²) in [7, 11) is 1.34. The van der Waals surface area contributed by atoms with Gasteiger partial charge in [0.25, 0.3) is 0 Å². The maximum absolute atomic E-state index is 10.7. The third kappa shape index (κ3) is 2.51. The van der Waals surface area contributed by atoms with E-state index in [1.54, 1.807) is 0 Å². The van der Waals surface area contributed by atoms with Crippen molar-refractivity contribution >= 4 is 12.3 Å². The number of phenolic OH excluding ortho intramolecular Hbond substituents is 1. The average Bonchev–Trinajstić information content (AvgIpc) is 2.26. The van der Waals surface area contributed by atoms with Crippen LogP contribution in [0.15, 0.2) is 12.1 Å². The molecule has 0 radical (unpaired) electrons. The lowest BCUT2D eigenvalue weighted by molar-refractivity contribution is -0.130. The first-order valence-corrected chi connectivity index (χ1v) is 4.19. The Morgan fingerprint density at radius 2 is 2.19 bits per heavy atom. The Balaban J connectivity index is 3.32. The van der Waals surface area contributed by atoms with E-state index in [0.29, 0.717) is 6.29 Å². The second kappa shape index (κ2) is 4.84. The molecule has 0 aliphatic heterocycles. The number of benzene rings is 1. The van der Waals surface area contributed by atoms with E-state index in [1.807, 2.05) is 5.92 Å². The SMILES string of the molecule is COc1cc(C#CC(=O)O)c(C=O)cc1O. The lowest BCUT2D eigenvalue weighted by Gasteiger charge is -2.05. The van der Waals surface area contributed by atoms with Crippen LogP contribution in [0.25, 0.3) is 0 Å². The molecule has 0 spiro atoms. The number of aliphatic carboxylic acids is 1. The topological polar surface area (TPSA) is 83.8 Å². The standard InChI is InChI=1S/C11H8O5/c1-16-10-5-7(2-3-11(14)15)8(6-12)4-9(10)13/h4-6,13H,1H3,(H,14,15). The second-order valence-corrected chi connectivity index (χ2v) is 2.78. The summed E-state index contributed by atoms with van der Waals surface area (Å²) in [6.07, 6.45) is 0.477. The molecule has 0 saturated carbocycles. The summed E-state index contributed by atoms with van der Waals surface area (Å²) in [5.74, 6) is 2.79. The van der Waals surface area contributed by atoms with Gasteiger partial charge in [-0.25, -0.2) is 4.79 Å². The number of ether oxygens (including phenoxy) is 1. The van der Waals surface area contributed by atoms with Crippen molar-refractivity contribution in [1.29, 1.82) is 0 Å². The monoisotopic (exact) mass is 220 g/mol. The lowest BCUT2D eigenvalue weighted by Crippen LogP contribution is -1.93. The fraction of sp³-hybridized carbons (Fsp3) is 0.0909. The van der Waals surface area contributed by atoms with Gasteiger partial charge in [-0.3, -0.25) is 4.79 Å². The predicted octanol–water partition coefficient (Wildman–Crippen LogP) is 0.649. The summed E-state index contributed by atoms with van der Waals surface area (Å²) in [4.78, 5) is 20.9. The van der Waals surface area contributed by atoms with Crippen LogP contribution < -0.4 is 4.74 Å². The fourth-order valence-electron chi connectivity index (χ4n) is 1.07. The Morgan fingerprint density at radius 3 is 2.69 bits per heavy atom. The molecule has 5 heteroatoms. The van der Waals surface area contributed by atoms with Crippen molar-refractivity contribution in [3.63, 3.8) is 0 Å². The minimum atomic E-state index is -1.30. The molecule has 0 aliphatic rings. The number of aldehydes is 1. The number of carbonyl (C=O) groups is 2. The van der Waals surface area contributed by atoms with Gasteiger partial charge in [-0.1, -0.05) is 5.92 Å². The van der Waals surface area contributed by atoms with Gasteiger partial charge in [-0.2, -0.15) is 0 Å². The molecule has 0 bridgehead atoms. The summed E-state index contributed by atoms with van der Waals surface area (Å²) in [5.41, 5.74) is 0.291. The van der Waals surface area contributed by atoms with E-state index in [9.17, 15) is 14.7 Å². The molecule has 1 rings (SSSR count). The number of carboxylic acids is 1. The summed E-state index contributed by atoms with van der Waals surface area (Å²) >= 11 is 0. The first kappa shape index (κ1) is 11.6. The van der Waals surface area contributed by atoms with E-state index < -0.39 is 5.97 Å². The highest BCUT2D eigenvalue weighted by atomic mass is 16.5. The average molecular weight is 220 g/mol. The molecular formula is C11H8O5. The third-order valence-electron chi connectivity index (χ3n) is 1.78. The van der Waals surface area contributed by atoms with Crippen molar-refractivity contribution in [2.75, 3.05) is 7.11 Å². The van der Waals surface area contributed by atoms with Crippen LogP contribution in [0.4, 0.5) is 0 Å². The van der Waals surface area contributed by atoms with Gasteiger partial charge in [0.15, 0.2) is 17.8 Å². The van der Waals surface area contributed by atoms with E-state index in [4.69, 9.17) is 9.84 Å². The van der Waals surface area contributed by atoms with Crippen LogP contribution in [0.5, 0.6) is 11.5 Å². The summed E-state index contributed by atoms with van der Waals surface area (Å²) < 4.78 is 4.81. The molecule has 0 unspecified atom stereocenters. The zero-order valence-corrected chi connectivity index (χ0v) is 8.35. The Bertz CT molecular complexity index is 493. The van der Waals surface area contributed by atoms with Gasteiger partial charge in [0.05, 0.1) is 7.11 Å². The normalized spacial score (nSPS) is 8.81. The minimum absolute atomic E-state index is 0.104. The van der Waals surface area contributed by atoms with Gasteiger partial charge in [0.2, 0.25) is 0 Å². The van der Waals surface area contributed by atoms with E-state index in [-0.39, 0.29) is 22.6 Å². The highest BCUT2D eigenvalue weighted by Gasteiger charge is 2.07. The van der Waals surface area contributed by atoms with Crippen molar-refractivity contribution in [2.24, 2.45) is 0 Å². The van der Waals surface area contributed by atoms with Gasteiger partial charge < -0.3 is 14.9 Å². The molecule has 0 heterocycles. The summed E-state index contributed by atoms with van der Waals surface area (Å²) in [6.45, 7) is 0. The number of carboxylic acid groups (broad SMARTS) is 1. The Labute approximate surface area is 91.3 Å². The largest absolute Gasteiger partial charge is 0.504 e. The van der Waals surface area contributed by atoms with Crippen LogP contribution in [0.3, 0.4) is 0 Å². The highest BCUT2D eigenvalue weighted by molar-refractivity contribution is 5.89. The Morgan fingerprint density at radius 1 is 1.50 bits per heavy atom. The minimum Gasteiger partial charge on any atom is -0.504 e. The van der Waals surface area contributed by atoms with Crippen molar-refractivity contribution in [2.45, 2.75) is 0 Å². The molecule has 0 fully saturated rings. The number of carbonyl (C=O) groups excluding carboxylic acids is 1. The van der Waals surface area contributed by atoms with Gasteiger partial charge in [-0.05, 0) is 6.07 Å². The lowest BCUT2D eigenvalue weighted by atomic mass is 10.1. The van der Waals surface area contributed by atoms with E-state index >= 15 is 0 Å². The number of methoxy groups -OCH3 is 1. The van der Waals surface area contributed by atoms with E-state index in [0.717, 1.165) is 6.07 Å². The molecule has 16 heavy (non-hydrogen) atoms. The van der Waals surface area contributed by atoms with Crippen LogP contribution in [0.2, 0.25) is 0 Å². The number of aromatic hydroxyl groups is 1. The molecule has 2 N–H and O–H groups in total. The van der Waals surface area contributed by atoms with Crippen LogP contribution in [0.1, 0.15) is 15.9 Å². The molecule has 0 aromatic heterocycles. The molecule has 1 aromatic carbocycles.